The van der Waals surface area contributed by atoms with E-state index in [1.54, 1.807) is 12.3 Å². The van der Waals surface area contributed by atoms with Gasteiger partial charge < -0.3 is 15.6 Å². The predicted molar refractivity (Wildman–Crippen MR) is 112 cm³/mol. The molecule has 0 aliphatic carbocycles. The number of fused-ring (bicyclic) bond motifs is 1. The van der Waals surface area contributed by atoms with E-state index in [2.05, 4.69) is 11.1 Å². The molecule has 0 spiro atoms. The second kappa shape index (κ2) is 7.53. The average Bonchev–Trinajstić information content (AvgIpc) is 2.73. The molecule has 1 atom stereocenters. The molecule has 0 bridgehead atoms. The number of aryl methyl sites for hydroxylation is 1. The maximum absolute atomic E-state index is 10.5. The first-order valence-corrected chi connectivity index (χ1v) is 9.17. The first-order chi connectivity index (χ1) is 14.1. The third-order valence-corrected chi connectivity index (χ3v) is 4.96. The molecule has 1 aliphatic heterocycles. The van der Waals surface area contributed by atoms with E-state index in [-0.39, 0.29) is 17.6 Å². The molecule has 1 heterocycles. The van der Waals surface area contributed by atoms with Crippen LogP contribution in [-0.2, 0) is 0 Å². The fraction of sp³-hybridized carbons (Fsp3) is 0.0833. The summed E-state index contributed by atoms with van der Waals surface area (Å²) in [4.78, 5) is 4.51. The molecule has 3 aromatic carbocycles. The number of allylic oxidation sites excluding steroid dienone is 1. The second-order valence-corrected chi connectivity index (χ2v) is 6.83. The van der Waals surface area contributed by atoms with Crippen LogP contribution in [0.1, 0.15) is 28.2 Å². The van der Waals surface area contributed by atoms with Crippen molar-refractivity contribution >= 4 is 11.9 Å². The number of aliphatic imine (C=N–C) groups is 1. The zero-order chi connectivity index (χ0) is 20.4. The molecule has 5 heteroatoms. The van der Waals surface area contributed by atoms with E-state index in [9.17, 15) is 10.4 Å². The number of nitrogens with two attached hydrogens (primary N) is 1. The first-order valence-electron chi connectivity index (χ1n) is 9.17. The van der Waals surface area contributed by atoms with Gasteiger partial charge in [0.05, 0.1) is 11.6 Å². The minimum Gasteiger partial charge on any atom is -0.507 e. The zero-order valence-electron chi connectivity index (χ0n) is 15.8. The molecule has 0 saturated heterocycles. The molecule has 3 N–H and O–H groups in total. The normalized spacial score (nSPS) is 15.7. The molecule has 0 aromatic heterocycles. The van der Waals surface area contributed by atoms with Crippen LogP contribution in [0.15, 0.2) is 83.2 Å². The van der Waals surface area contributed by atoms with E-state index in [1.807, 2.05) is 61.5 Å². The quantitative estimate of drug-likeness (QED) is 0.645. The maximum Gasteiger partial charge on any atom is 0.205 e. The number of rotatable bonds is 3. The summed E-state index contributed by atoms with van der Waals surface area (Å²) in [5.41, 5.74) is 10.4. The molecule has 5 nitrogen and oxygen atoms in total. The molecule has 0 saturated carbocycles. The van der Waals surface area contributed by atoms with Crippen LogP contribution in [0.2, 0.25) is 0 Å². The van der Waals surface area contributed by atoms with Gasteiger partial charge in [-0.3, -0.25) is 4.99 Å². The van der Waals surface area contributed by atoms with Crippen LogP contribution in [0.5, 0.6) is 11.5 Å². The van der Waals surface area contributed by atoms with Crippen molar-refractivity contribution in [3.8, 4) is 17.6 Å². The molecular weight excluding hydrogens is 362 g/mol. The molecule has 0 amide bonds. The van der Waals surface area contributed by atoms with Crippen LogP contribution in [0.3, 0.4) is 0 Å². The molecule has 1 aliphatic rings. The Morgan fingerprint density at radius 1 is 1.10 bits per heavy atom. The molecule has 0 radical (unpaired) electrons. The van der Waals surface area contributed by atoms with E-state index >= 15 is 0 Å². The highest BCUT2D eigenvalue weighted by Gasteiger charge is 2.31. The van der Waals surface area contributed by atoms with Crippen molar-refractivity contribution in [2.75, 3.05) is 0 Å². The molecule has 0 fully saturated rings. The minimum atomic E-state index is -0.379. The summed E-state index contributed by atoms with van der Waals surface area (Å²) in [5, 5.41) is 20.2. The van der Waals surface area contributed by atoms with Crippen molar-refractivity contribution in [2.24, 2.45) is 10.7 Å². The number of phenolic OH excluding ortho intramolecular Hbond substituents is 1. The number of nitriles is 1. The Kier molecular flexibility index (Phi) is 4.76. The zero-order valence-corrected chi connectivity index (χ0v) is 15.8. The fourth-order valence-corrected chi connectivity index (χ4v) is 3.45. The summed E-state index contributed by atoms with van der Waals surface area (Å²) in [6.07, 6.45) is 1.62. The SMILES string of the molecule is Cc1ccccc1N=Cc1cc2c(cc1O)OC(N)=C(C#N)[C@@H]2c1ccccc1. The highest BCUT2D eigenvalue weighted by atomic mass is 16.5. The summed E-state index contributed by atoms with van der Waals surface area (Å²) in [6, 6.07) is 22.9. The molecule has 29 heavy (non-hydrogen) atoms. The molecular formula is C24H19N3O2. The van der Waals surface area contributed by atoms with Gasteiger partial charge in [0.2, 0.25) is 5.88 Å². The number of para-hydroxylation sites is 1. The predicted octanol–water partition coefficient (Wildman–Crippen LogP) is 4.67. The van der Waals surface area contributed by atoms with Gasteiger partial charge in [0.1, 0.15) is 23.1 Å². The number of phenols is 1. The number of ether oxygens (including phenoxy) is 1. The topological polar surface area (TPSA) is 91.6 Å². The van der Waals surface area contributed by atoms with Gasteiger partial charge in [-0.1, -0.05) is 48.5 Å². The van der Waals surface area contributed by atoms with Crippen LogP contribution in [0, 0.1) is 18.3 Å². The largest absolute Gasteiger partial charge is 0.507 e. The van der Waals surface area contributed by atoms with Gasteiger partial charge >= 0.3 is 0 Å². The molecule has 4 rings (SSSR count). The van der Waals surface area contributed by atoms with Crippen LogP contribution in [0.4, 0.5) is 5.69 Å². The lowest BCUT2D eigenvalue weighted by Gasteiger charge is -2.27. The lowest BCUT2D eigenvalue weighted by Crippen LogP contribution is -2.21. The van der Waals surface area contributed by atoms with Crippen molar-refractivity contribution in [3.05, 3.63) is 100 Å². The molecule has 0 unspecified atom stereocenters. The molecule has 142 valence electrons. The van der Waals surface area contributed by atoms with Crippen molar-refractivity contribution in [3.63, 3.8) is 0 Å². The smallest absolute Gasteiger partial charge is 0.205 e. The van der Waals surface area contributed by atoms with Crippen LogP contribution < -0.4 is 10.5 Å². The number of hydrogen-bond acceptors (Lipinski definition) is 5. The highest BCUT2D eigenvalue weighted by Crippen LogP contribution is 2.44. The van der Waals surface area contributed by atoms with Crippen molar-refractivity contribution in [2.45, 2.75) is 12.8 Å². The Labute approximate surface area is 169 Å². The number of benzene rings is 3. The lowest BCUT2D eigenvalue weighted by atomic mass is 9.83. The van der Waals surface area contributed by atoms with Crippen LogP contribution in [-0.4, -0.2) is 11.3 Å². The van der Waals surface area contributed by atoms with E-state index < -0.39 is 0 Å². The van der Waals surface area contributed by atoms with E-state index in [4.69, 9.17) is 10.5 Å². The van der Waals surface area contributed by atoms with Gasteiger partial charge in [0.25, 0.3) is 0 Å². The fourth-order valence-electron chi connectivity index (χ4n) is 3.45. The average molecular weight is 381 g/mol. The Balaban J connectivity index is 1.83. The van der Waals surface area contributed by atoms with E-state index in [0.29, 0.717) is 16.9 Å². The summed E-state index contributed by atoms with van der Waals surface area (Å²) in [7, 11) is 0. The number of nitrogens with zero attached hydrogens (tertiary/aromatic N) is 2. The lowest BCUT2D eigenvalue weighted by molar-refractivity contribution is 0.388. The summed E-state index contributed by atoms with van der Waals surface area (Å²) in [6.45, 7) is 1.98. The maximum atomic E-state index is 10.5. The Bertz CT molecular complexity index is 1170. The van der Waals surface area contributed by atoms with Gasteiger partial charge in [0.15, 0.2) is 0 Å². The van der Waals surface area contributed by atoms with Gasteiger partial charge in [-0.15, -0.1) is 0 Å². The van der Waals surface area contributed by atoms with E-state index in [0.717, 1.165) is 22.4 Å². The van der Waals surface area contributed by atoms with Gasteiger partial charge in [-0.2, -0.15) is 5.26 Å². The van der Waals surface area contributed by atoms with Crippen LogP contribution in [0.25, 0.3) is 0 Å². The first kappa shape index (κ1) is 18.3. The standard InChI is InChI=1S/C24H19N3O2/c1-15-7-5-6-10-20(15)27-14-17-11-18-22(12-21(17)28)29-24(26)19(13-25)23(18)16-8-3-2-4-9-16/h2-12,14,23,28H,26H2,1H3/t23-/m1/s1. The summed E-state index contributed by atoms with van der Waals surface area (Å²) < 4.78 is 5.64. The highest BCUT2D eigenvalue weighted by molar-refractivity contribution is 5.87. The Morgan fingerprint density at radius 2 is 1.83 bits per heavy atom. The van der Waals surface area contributed by atoms with E-state index in [1.165, 1.54) is 6.07 Å². The minimum absolute atomic E-state index is 0.0288. The van der Waals surface area contributed by atoms with Gasteiger partial charge in [-0.05, 0) is 30.2 Å². The van der Waals surface area contributed by atoms with Crippen LogP contribution >= 0.6 is 0 Å². The second-order valence-electron chi connectivity index (χ2n) is 6.83. The third-order valence-electron chi connectivity index (χ3n) is 4.96. The summed E-state index contributed by atoms with van der Waals surface area (Å²) >= 11 is 0. The van der Waals surface area contributed by atoms with Crippen molar-refractivity contribution < 1.29 is 9.84 Å². The van der Waals surface area contributed by atoms with Gasteiger partial charge in [0, 0.05) is 23.4 Å². The van der Waals surface area contributed by atoms with Gasteiger partial charge in [-0.25, -0.2) is 0 Å². The van der Waals surface area contributed by atoms with Crippen molar-refractivity contribution in [1.29, 1.82) is 5.26 Å². The summed E-state index contributed by atoms with van der Waals surface area (Å²) in [5.74, 6) is 0.132. The number of aromatic hydroxyl groups is 1. The monoisotopic (exact) mass is 381 g/mol. The third kappa shape index (κ3) is 3.44. The Morgan fingerprint density at radius 3 is 2.55 bits per heavy atom. The Hall–Kier alpha value is -4.04. The molecule has 3 aromatic rings. The van der Waals surface area contributed by atoms with Crippen molar-refractivity contribution in [1.82, 2.24) is 0 Å². The number of hydrogen-bond donors (Lipinski definition) is 2.